The molecule has 0 aliphatic rings. The second-order valence-electron chi connectivity index (χ2n) is 3.25. The van der Waals surface area contributed by atoms with Crippen LogP contribution >= 0.6 is 0 Å². The fourth-order valence-electron chi connectivity index (χ4n) is 1.12. The average molecular weight is 160 g/mol. The summed E-state index contributed by atoms with van der Waals surface area (Å²) in [5, 5.41) is 0. The number of aryl methyl sites for hydroxylation is 1. The molecule has 0 saturated carbocycles. The number of hydrogen-bond acceptors (Lipinski definition) is 1. The van der Waals surface area contributed by atoms with Gasteiger partial charge in [-0.2, -0.15) is 0 Å². The summed E-state index contributed by atoms with van der Waals surface area (Å²) in [5.41, 5.74) is 1.89. The molecule has 0 saturated heterocycles. The van der Waals surface area contributed by atoms with Crippen LogP contribution in [0.5, 0.6) is 5.75 Å². The molecule has 0 spiro atoms. The molecule has 0 heterocycles. The average Bonchev–Trinajstić information content (AvgIpc) is 1.81. The van der Waals surface area contributed by atoms with Crippen LogP contribution in [-0.4, -0.2) is 14.0 Å². The zero-order valence-electron chi connectivity index (χ0n) is 7.79. The Labute approximate surface area is 75.2 Å². The lowest BCUT2D eigenvalue weighted by Crippen LogP contribution is -2.09. The predicted molar refractivity (Wildman–Crippen MR) is 52.3 cm³/mol. The first-order valence-electron chi connectivity index (χ1n) is 4.12. The molecule has 2 radical (unpaired) electrons. The number of hydrogen-bond donors (Lipinski definition) is 0. The van der Waals surface area contributed by atoms with Gasteiger partial charge in [0.1, 0.15) is 13.6 Å². The van der Waals surface area contributed by atoms with E-state index in [4.69, 9.17) is 12.6 Å². The zero-order valence-corrected chi connectivity index (χ0v) is 7.79. The molecule has 1 aromatic rings. The van der Waals surface area contributed by atoms with E-state index in [9.17, 15) is 0 Å². The number of ether oxygens (including phenoxy) is 1. The van der Waals surface area contributed by atoms with E-state index in [1.165, 1.54) is 0 Å². The molecule has 0 fully saturated rings. The van der Waals surface area contributed by atoms with E-state index >= 15 is 0 Å². The Balaban J connectivity index is 2.85. The molecule has 0 amide bonds. The Morgan fingerprint density at radius 3 is 2.42 bits per heavy atom. The van der Waals surface area contributed by atoms with Crippen molar-refractivity contribution in [2.75, 3.05) is 0 Å². The molecule has 1 nitrogen and oxygen atoms in total. The molecular formula is C10H13BO. The van der Waals surface area contributed by atoms with Gasteiger partial charge in [0.05, 0.1) is 6.10 Å². The maximum atomic E-state index is 5.66. The van der Waals surface area contributed by atoms with Gasteiger partial charge < -0.3 is 4.74 Å². The highest BCUT2D eigenvalue weighted by molar-refractivity contribution is 6.32. The van der Waals surface area contributed by atoms with Crippen molar-refractivity contribution in [3.05, 3.63) is 23.8 Å². The molecule has 0 aliphatic heterocycles. The van der Waals surface area contributed by atoms with Gasteiger partial charge in [-0.15, -0.1) is 0 Å². The summed E-state index contributed by atoms with van der Waals surface area (Å²) >= 11 is 0. The Bertz CT molecular complexity index is 248. The van der Waals surface area contributed by atoms with Gasteiger partial charge >= 0.3 is 0 Å². The topological polar surface area (TPSA) is 9.23 Å². The third-order valence-electron chi connectivity index (χ3n) is 1.44. The van der Waals surface area contributed by atoms with Crippen molar-refractivity contribution in [2.45, 2.75) is 26.9 Å². The Morgan fingerprint density at radius 2 is 1.92 bits per heavy atom. The summed E-state index contributed by atoms with van der Waals surface area (Å²) in [6, 6.07) is 5.75. The van der Waals surface area contributed by atoms with Gasteiger partial charge in [-0.3, -0.25) is 0 Å². The Morgan fingerprint density at radius 1 is 1.25 bits per heavy atom. The van der Waals surface area contributed by atoms with E-state index in [2.05, 4.69) is 0 Å². The van der Waals surface area contributed by atoms with E-state index < -0.39 is 0 Å². The van der Waals surface area contributed by atoms with Gasteiger partial charge in [-0.25, -0.2) is 0 Å². The second kappa shape index (κ2) is 3.66. The number of rotatable bonds is 2. The van der Waals surface area contributed by atoms with E-state index in [1.807, 2.05) is 39.0 Å². The lowest BCUT2D eigenvalue weighted by atomic mass is 9.94. The molecule has 0 aliphatic carbocycles. The van der Waals surface area contributed by atoms with Crippen LogP contribution in [0.2, 0.25) is 0 Å². The molecule has 1 rings (SSSR count). The second-order valence-corrected chi connectivity index (χ2v) is 3.25. The highest BCUT2D eigenvalue weighted by Gasteiger charge is 1.98. The SMILES string of the molecule is [B]c1cc(C)cc(OC(C)C)c1. The minimum atomic E-state index is 0.200. The van der Waals surface area contributed by atoms with Crippen molar-refractivity contribution >= 4 is 13.3 Å². The summed E-state index contributed by atoms with van der Waals surface area (Å²) in [5.74, 6) is 0.850. The fourth-order valence-corrected chi connectivity index (χ4v) is 1.12. The van der Waals surface area contributed by atoms with Gasteiger partial charge in [0.2, 0.25) is 0 Å². The first-order valence-corrected chi connectivity index (χ1v) is 4.12. The monoisotopic (exact) mass is 160 g/mol. The largest absolute Gasteiger partial charge is 0.491 e. The van der Waals surface area contributed by atoms with Crippen molar-refractivity contribution in [2.24, 2.45) is 0 Å². The van der Waals surface area contributed by atoms with E-state index in [-0.39, 0.29) is 6.10 Å². The lowest BCUT2D eigenvalue weighted by Gasteiger charge is -2.10. The van der Waals surface area contributed by atoms with Crippen LogP contribution < -0.4 is 10.2 Å². The van der Waals surface area contributed by atoms with Crippen molar-refractivity contribution in [3.8, 4) is 5.75 Å². The minimum absolute atomic E-state index is 0.200. The lowest BCUT2D eigenvalue weighted by molar-refractivity contribution is 0.242. The van der Waals surface area contributed by atoms with Crippen LogP contribution in [-0.2, 0) is 0 Å². The highest BCUT2D eigenvalue weighted by atomic mass is 16.5. The van der Waals surface area contributed by atoms with Gasteiger partial charge in [0.25, 0.3) is 0 Å². The van der Waals surface area contributed by atoms with E-state index in [0.29, 0.717) is 0 Å². The normalized spacial score (nSPS) is 10.3. The Hall–Kier alpha value is -0.915. The molecule has 62 valence electrons. The summed E-state index contributed by atoms with van der Waals surface area (Å²) in [7, 11) is 5.66. The summed E-state index contributed by atoms with van der Waals surface area (Å²) in [6.45, 7) is 6.00. The fraction of sp³-hybridized carbons (Fsp3) is 0.400. The Kier molecular flexibility index (Phi) is 2.80. The van der Waals surface area contributed by atoms with Crippen LogP contribution in [0.4, 0.5) is 0 Å². The first kappa shape index (κ1) is 9.18. The highest BCUT2D eigenvalue weighted by Crippen LogP contribution is 2.12. The summed E-state index contributed by atoms with van der Waals surface area (Å²) in [4.78, 5) is 0. The molecular weight excluding hydrogens is 147 g/mol. The molecule has 0 aromatic heterocycles. The first-order chi connectivity index (χ1) is 5.58. The standard InChI is InChI=1S/C10H13BO/c1-7(2)12-10-5-8(3)4-9(11)6-10/h4-7H,1-3H3. The molecule has 0 N–H and O–H groups in total. The van der Waals surface area contributed by atoms with Crippen LogP contribution in [0, 0.1) is 6.92 Å². The van der Waals surface area contributed by atoms with Crippen LogP contribution in [0.15, 0.2) is 18.2 Å². The predicted octanol–water partition coefficient (Wildman–Crippen LogP) is 1.58. The molecule has 1 aromatic carbocycles. The van der Waals surface area contributed by atoms with E-state index in [0.717, 1.165) is 16.8 Å². The van der Waals surface area contributed by atoms with Gasteiger partial charge in [-0.1, -0.05) is 11.5 Å². The molecule has 0 unspecified atom stereocenters. The van der Waals surface area contributed by atoms with Crippen LogP contribution in [0.3, 0.4) is 0 Å². The minimum Gasteiger partial charge on any atom is -0.491 e. The zero-order chi connectivity index (χ0) is 9.14. The smallest absolute Gasteiger partial charge is 0.119 e. The number of benzene rings is 1. The van der Waals surface area contributed by atoms with E-state index in [1.54, 1.807) is 0 Å². The van der Waals surface area contributed by atoms with Gasteiger partial charge in [0.15, 0.2) is 0 Å². The summed E-state index contributed by atoms with van der Waals surface area (Å²) < 4.78 is 5.50. The molecule has 12 heavy (non-hydrogen) atoms. The molecule has 0 atom stereocenters. The maximum Gasteiger partial charge on any atom is 0.119 e. The third kappa shape index (κ3) is 2.61. The van der Waals surface area contributed by atoms with Crippen LogP contribution in [0.1, 0.15) is 19.4 Å². The van der Waals surface area contributed by atoms with Crippen LogP contribution in [0.25, 0.3) is 0 Å². The van der Waals surface area contributed by atoms with Crippen molar-refractivity contribution in [1.29, 1.82) is 0 Å². The van der Waals surface area contributed by atoms with Gasteiger partial charge in [0, 0.05) is 0 Å². The molecule has 0 bridgehead atoms. The van der Waals surface area contributed by atoms with Crippen molar-refractivity contribution in [3.63, 3.8) is 0 Å². The third-order valence-corrected chi connectivity index (χ3v) is 1.44. The van der Waals surface area contributed by atoms with Gasteiger partial charge in [-0.05, 0) is 38.5 Å². The van der Waals surface area contributed by atoms with Crippen molar-refractivity contribution in [1.82, 2.24) is 0 Å². The van der Waals surface area contributed by atoms with Crippen molar-refractivity contribution < 1.29 is 4.74 Å². The quantitative estimate of drug-likeness (QED) is 0.596. The maximum absolute atomic E-state index is 5.66. The summed E-state index contributed by atoms with van der Waals surface area (Å²) in [6.07, 6.45) is 0.200. The molecule has 2 heteroatoms.